The normalized spacial score (nSPS) is 16.2. The molecule has 0 saturated heterocycles. The van der Waals surface area contributed by atoms with Gasteiger partial charge in [-0.3, -0.25) is 9.78 Å². The molecule has 0 saturated carbocycles. The Bertz CT molecular complexity index is 1550. The number of fused-ring (bicyclic) bond motifs is 2. The van der Waals surface area contributed by atoms with Crippen molar-refractivity contribution in [3.63, 3.8) is 0 Å². The Morgan fingerprint density at radius 2 is 1.84 bits per heavy atom. The fraction of sp³-hybridized carbons (Fsp3) is 0.286. The number of aromatic nitrogens is 1. The molecule has 0 N–H and O–H groups in total. The van der Waals surface area contributed by atoms with Crippen LogP contribution < -0.4 is 0 Å². The summed E-state index contributed by atoms with van der Waals surface area (Å²) in [6.07, 6.45) is 2.25. The van der Waals surface area contributed by atoms with Crippen molar-refractivity contribution in [3.8, 4) is 0 Å². The first-order valence-corrected chi connectivity index (χ1v) is 14.4. The maximum atomic E-state index is 14.0. The second-order valence-electron chi connectivity index (χ2n) is 10.1. The molecule has 5 rings (SSSR count). The molecule has 0 radical (unpaired) electrons. The summed E-state index contributed by atoms with van der Waals surface area (Å²) in [7, 11) is -4.08. The smallest absolute Gasteiger partial charge is 0.246 e. The van der Waals surface area contributed by atoms with Crippen molar-refractivity contribution < 1.29 is 17.6 Å². The molecule has 0 unspecified atom stereocenters. The van der Waals surface area contributed by atoms with Crippen molar-refractivity contribution in [1.29, 1.82) is 0 Å². The number of carbonyl (C=O) groups excluding carboxylic acids is 1. The molecule has 0 bridgehead atoms. The van der Waals surface area contributed by atoms with E-state index in [2.05, 4.69) is 4.98 Å². The van der Waals surface area contributed by atoms with Gasteiger partial charge < -0.3 is 4.90 Å². The summed E-state index contributed by atoms with van der Waals surface area (Å²) >= 11 is 1.64. The predicted molar refractivity (Wildman–Crippen MR) is 143 cm³/mol. The summed E-state index contributed by atoms with van der Waals surface area (Å²) in [5.41, 5.74) is 1.29. The molecule has 1 amide bonds. The molecule has 0 aliphatic carbocycles. The maximum absolute atomic E-state index is 14.0. The lowest BCUT2D eigenvalue weighted by Crippen LogP contribution is -2.52. The zero-order valence-corrected chi connectivity index (χ0v) is 22.5. The van der Waals surface area contributed by atoms with Crippen LogP contribution in [-0.4, -0.2) is 47.1 Å². The van der Waals surface area contributed by atoms with Crippen LogP contribution in [-0.2, 0) is 21.2 Å². The molecule has 0 fully saturated rings. The van der Waals surface area contributed by atoms with Crippen LogP contribution in [0.1, 0.15) is 42.8 Å². The highest BCUT2D eigenvalue weighted by Crippen LogP contribution is 2.38. The van der Waals surface area contributed by atoms with E-state index in [-0.39, 0.29) is 23.2 Å². The SMILES string of the molecule is CC(C)(C)N(CC(=O)N1CCc2sccc2[C@H]1c1ccc(F)cc1)S(=O)(=O)c1cccc2cccnc12. The maximum Gasteiger partial charge on any atom is 0.246 e. The number of para-hydroxylation sites is 1. The minimum absolute atomic E-state index is 0.0715. The topological polar surface area (TPSA) is 70.6 Å². The van der Waals surface area contributed by atoms with Crippen LogP contribution in [0, 0.1) is 5.82 Å². The number of halogens is 1. The molecular formula is C28H28FN3O3S2. The molecule has 1 atom stereocenters. The zero-order valence-electron chi connectivity index (χ0n) is 20.9. The van der Waals surface area contributed by atoms with E-state index in [4.69, 9.17) is 0 Å². The van der Waals surface area contributed by atoms with Crippen LogP contribution in [0.25, 0.3) is 10.9 Å². The number of carbonyl (C=O) groups is 1. The first-order chi connectivity index (χ1) is 17.6. The fourth-order valence-corrected chi connectivity index (χ4v) is 7.70. The average Bonchev–Trinajstić information content (AvgIpc) is 3.35. The van der Waals surface area contributed by atoms with Gasteiger partial charge in [-0.1, -0.05) is 30.3 Å². The number of rotatable bonds is 5. The van der Waals surface area contributed by atoms with E-state index in [0.717, 1.165) is 11.1 Å². The van der Waals surface area contributed by atoms with Crippen molar-refractivity contribution >= 4 is 38.2 Å². The van der Waals surface area contributed by atoms with Gasteiger partial charge in [0.1, 0.15) is 10.7 Å². The summed E-state index contributed by atoms with van der Waals surface area (Å²) in [5.74, 6) is -0.658. The van der Waals surface area contributed by atoms with E-state index in [9.17, 15) is 17.6 Å². The van der Waals surface area contributed by atoms with Gasteiger partial charge in [0.15, 0.2) is 0 Å². The van der Waals surface area contributed by atoms with Gasteiger partial charge in [-0.2, -0.15) is 4.31 Å². The molecule has 9 heteroatoms. The number of sulfonamides is 1. The van der Waals surface area contributed by atoms with Gasteiger partial charge in [0.05, 0.1) is 18.1 Å². The monoisotopic (exact) mass is 537 g/mol. The largest absolute Gasteiger partial charge is 0.330 e. The quantitative estimate of drug-likeness (QED) is 0.342. The van der Waals surface area contributed by atoms with Gasteiger partial charge in [-0.25, -0.2) is 12.8 Å². The van der Waals surface area contributed by atoms with Crippen LogP contribution in [0.4, 0.5) is 4.39 Å². The van der Waals surface area contributed by atoms with E-state index in [1.54, 1.807) is 67.5 Å². The third-order valence-corrected chi connectivity index (χ3v) is 9.80. The lowest BCUT2D eigenvalue weighted by molar-refractivity contribution is -0.134. The number of nitrogens with zero attached hydrogens (tertiary/aromatic N) is 3. The summed E-state index contributed by atoms with van der Waals surface area (Å²) in [6.45, 7) is 5.46. The average molecular weight is 538 g/mol. The lowest BCUT2D eigenvalue weighted by Gasteiger charge is -2.40. The summed E-state index contributed by atoms with van der Waals surface area (Å²) in [6, 6.07) is 16.3. The Morgan fingerprint density at radius 1 is 1.11 bits per heavy atom. The number of hydrogen-bond acceptors (Lipinski definition) is 5. The van der Waals surface area contributed by atoms with E-state index in [1.165, 1.54) is 27.4 Å². The molecule has 3 heterocycles. The second-order valence-corrected chi connectivity index (χ2v) is 12.9. The molecule has 4 aromatic rings. The molecule has 6 nitrogen and oxygen atoms in total. The van der Waals surface area contributed by atoms with Gasteiger partial charge in [-0.05, 0) is 74.0 Å². The van der Waals surface area contributed by atoms with Crippen molar-refractivity contribution in [3.05, 3.63) is 94.1 Å². The van der Waals surface area contributed by atoms with Crippen molar-refractivity contribution in [2.45, 2.75) is 43.7 Å². The zero-order chi connectivity index (χ0) is 26.4. The standard InChI is InChI=1S/C28H28FN3O3S2/c1-28(2,3)32(37(34,35)24-8-4-6-19-7-5-15-30-26(19)24)18-25(33)31-16-13-23-22(14-17-36-23)27(31)20-9-11-21(29)12-10-20/h4-12,14-15,17,27H,13,16,18H2,1-3H3/t27-/m1/s1. The molecule has 2 aromatic carbocycles. The Hall–Kier alpha value is -3.14. The minimum Gasteiger partial charge on any atom is -0.330 e. The molecule has 2 aromatic heterocycles. The molecule has 37 heavy (non-hydrogen) atoms. The summed E-state index contributed by atoms with van der Waals surface area (Å²) in [4.78, 5) is 21.2. The highest BCUT2D eigenvalue weighted by Gasteiger charge is 2.40. The molecular weight excluding hydrogens is 509 g/mol. The van der Waals surface area contributed by atoms with Crippen LogP contribution >= 0.6 is 11.3 Å². The molecule has 0 spiro atoms. The Morgan fingerprint density at radius 3 is 2.57 bits per heavy atom. The van der Waals surface area contributed by atoms with Crippen LogP contribution in [0.15, 0.2) is 77.1 Å². The number of thiophene rings is 1. The van der Waals surface area contributed by atoms with Crippen molar-refractivity contribution in [2.24, 2.45) is 0 Å². The number of pyridine rings is 1. The fourth-order valence-electron chi connectivity index (χ4n) is 4.89. The van der Waals surface area contributed by atoms with Gasteiger partial charge in [0.2, 0.25) is 15.9 Å². The number of benzene rings is 2. The first kappa shape index (κ1) is 25.5. The molecule has 1 aliphatic rings. The highest BCUT2D eigenvalue weighted by molar-refractivity contribution is 7.89. The van der Waals surface area contributed by atoms with E-state index in [1.807, 2.05) is 23.6 Å². The van der Waals surface area contributed by atoms with Crippen LogP contribution in [0.5, 0.6) is 0 Å². The van der Waals surface area contributed by atoms with Gasteiger partial charge in [-0.15, -0.1) is 11.3 Å². The third-order valence-electron chi connectivity index (χ3n) is 6.66. The minimum atomic E-state index is -4.08. The van der Waals surface area contributed by atoms with Crippen molar-refractivity contribution in [1.82, 2.24) is 14.2 Å². The third kappa shape index (κ3) is 4.79. The van der Waals surface area contributed by atoms with Gasteiger partial charge >= 0.3 is 0 Å². The van der Waals surface area contributed by atoms with E-state index < -0.39 is 21.6 Å². The second kappa shape index (κ2) is 9.63. The molecule has 1 aliphatic heterocycles. The van der Waals surface area contributed by atoms with Crippen LogP contribution in [0.2, 0.25) is 0 Å². The first-order valence-electron chi connectivity index (χ1n) is 12.0. The molecule has 192 valence electrons. The van der Waals surface area contributed by atoms with Crippen LogP contribution in [0.3, 0.4) is 0 Å². The van der Waals surface area contributed by atoms with Gasteiger partial charge in [0, 0.05) is 28.5 Å². The number of amides is 1. The van der Waals surface area contributed by atoms with Crippen molar-refractivity contribution in [2.75, 3.05) is 13.1 Å². The highest BCUT2D eigenvalue weighted by atomic mass is 32.2. The van der Waals surface area contributed by atoms with E-state index in [0.29, 0.717) is 23.9 Å². The lowest BCUT2D eigenvalue weighted by atomic mass is 9.93. The van der Waals surface area contributed by atoms with E-state index >= 15 is 0 Å². The summed E-state index contributed by atoms with van der Waals surface area (Å²) in [5, 5.41) is 2.70. The number of hydrogen-bond donors (Lipinski definition) is 0. The Labute approximate surface area is 220 Å². The predicted octanol–water partition coefficient (Wildman–Crippen LogP) is 5.40. The Balaban J connectivity index is 1.53. The Kier molecular flexibility index (Phi) is 6.64. The summed E-state index contributed by atoms with van der Waals surface area (Å²) < 4.78 is 43.0. The van der Waals surface area contributed by atoms with Gasteiger partial charge in [0.25, 0.3) is 0 Å².